The highest BCUT2D eigenvalue weighted by Crippen LogP contribution is 2.21. The zero-order valence-corrected chi connectivity index (χ0v) is 9.61. The van der Waals surface area contributed by atoms with Crippen LogP contribution in [0.25, 0.3) is 0 Å². The molecule has 1 aromatic carbocycles. The van der Waals surface area contributed by atoms with Gasteiger partial charge in [0, 0.05) is 6.07 Å². The Morgan fingerprint density at radius 2 is 1.65 bits per heavy atom. The average molecular weight is 243 g/mol. The maximum atomic E-state index is 13.4. The monoisotopic (exact) mass is 243 g/mol. The number of halogens is 3. The van der Waals surface area contributed by atoms with Crippen LogP contribution in [0.15, 0.2) is 12.1 Å². The van der Waals surface area contributed by atoms with Crippen LogP contribution in [0.5, 0.6) is 0 Å². The summed E-state index contributed by atoms with van der Waals surface area (Å²) >= 11 is 0. The lowest BCUT2D eigenvalue weighted by atomic mass is 9.91. The molecule has 0 saturated carbocycles. The fraction of sp³-hybridized carbons (Fsp3) is 0.538. The second-order valence-corrected chi connectivity index (χ2v) is 4.59. The molecular weight excluding hydrogens is 227 g/mol. The molecule has 0 bridgehead atoms. The normalized spacial score (nSPS) is 17.4. The second kappa shape index (κ2) is 5.54. The zero-order chi connectivity index (χ0) is 12.3. The molecule has 1 fully saturated rings. The zero-order valence-electron chi connectivity index (χ0n) is 9.61. The Hall–Kier alpha value is -1.03. The van der Waals surface area contributed by atoms with Crippen LogP contribution in [0, 0.1) is 23.4 Å². The maximum absolute atomic E-state index is 13.4. The highest BCUT2D eigenvalue weighted by molar-refractivity contribution is 5.20. The first-order valence-corrected chi connectivity index (χ1v) is 6.01. The van der Waals surface area contributed by atoms with Crippen LogP contribution in [0.2, 0.25) is 0 Å². The van der Waals surface area contributed by atoms with E-state index in [-0.39, 0.29) is 5.56 Å². The highest BCUT2D eigenvalue weighted by atomic mass is 19.2. The third-order valence-corrected chi connectivity index (χ3v) is 3.37. The van der Waals surface area contributed by atoms with E-state index in [9.17, 15) is 13.2 Å². The van der Waals surface area contributed by atoms with E-state index in [4.69, 9.17) is 0 Å². The van der Waals surface area contributed by atoms with E-state index in [0.717, 1.165) is 38.4 Å². The fourth-order valence-electron chi connectivity index (χ4n) is 2.29. The van der Waals surface area contributed by atoms with Gasteiger partial charge in [-0.1, -0.05) is 0 Å². The lowest BCUT2D eigenvalue weighted by molar-refractivity contribution is 0.352. The minimum atomic E-state index is -1.12. The SMILES string of the molecule is Fc1cc(F)c(CCC2CCNCC2)cc1F. The quantitative estimate of drug-likeness (QED) is 0.805. The van der Waals surface area contributed by atoms with Gasteiger partial charge in [0.15, 0.2) is 11.6 Å². The molecule has 0 amide bonds. The Morgan fingerprint density at radius 1 is 1.00 bits per heavy atom. The van der Waals surface area contributed by atoms with Gasteiger partial charge in [-0.15, -0.1) is 0 Å². The summed E-state index contributed by atoms with van der Waals surface area (Å²) in [6, 6.07) is 1.61. The molecule has 1 aliphatic heterocycles. The molecule has 0 spiro atoms. The average Bonchev–Trinajstić information content (AvgIpc) is 2.33. The predicted molar refractivity (Wildman–Crippen MR) is 60.2 cm³/mol. The van der Waals surface area contributed by atoms with Crippen molar-refractivity contribution < 1.29 is 13.2 Å². The standard InChI is InChI=1S/C13H16F3N/c14-11-8-13(16)12(15)7-10(11)2-1-9-3-5-17-6-4-9/h7-9,17H,1-6H2. The molecule has 0 radical (unpaired) electrons. The molecular formula is C13H16F3N. The van der Waals surface area contributed by atoms with Crippen LogP contribution in [0.3, 0.4) is 0 Å². The molecule has 0 atom stereocenters. The van der Waals surface area contributed by atoms with Gasteiger partial charge in [0.1, 0.15) is 5.82 Å². The van der Waals surface area contributed by atoms with E-state index < -0.39 is 17.5 Å². The predicted octanol–water partition coefficient (Wildman–Crippen LogP) is 3.04. The minimum absolute atomic E-state index is 0.280. The third-order valence-electron chi connectivity index (χ3n) is 3.37. The smallest absolute Gasteiger partial charge is 0.161 e. The first-order valence-electron chi connectivity index (χ1n) is 6.01. The summed E-state index contributed by atoms with van der Waals surface area (Å²) in [5.41, 5.74) is 0.280. The largest absolute Gasteiger partial charge is 0.317 e. The molecule has 17 heavy (non-hydrogen) atoms. The molecule has 1 aromatic rings. The second-order valence-electron chi connectivity index (χ2n) is 4.59. The summed E-state index contributed by atoms with van der Waals surface area (Å²) in [7, 11) is 0. The van der Waals surface area contributed by atoms with Crippen LogP contribution < -0.4 is 5.32 Å². The Morgan fingerprint density at radius 3 is 2.35 bits per heavy atom. The van der Waals surface area contributed by atoms with Crippen molar-refractivity contribution in [3.05, 3.63) is 35.1 Å². The molecule has 0 aromatic heterocycles. The molecule has 1 aliphatic rings. The highest BCUT2D eigenvalue weighted by Gasteiger charge is 2.15. The van der Waals surface area contributed by atoms with E-state index in [1.54, 1.807) is 0 Å². The lowest BCUT2D eigenvalue weighted by Crippen LogP contribution is -2.27. The summed E-state index contributed by atoms with van der Waals surface area (Å²) in [6.45, 7) is 1.98. The topological polar surface area (TPSA) is 12.0 Å². The van der Waals surface area contributed by atoms with Gasteiger partial charge in [0.25, 0.3) is 0 Å². The van der Waals surface area contributed by atoms with Gasteiger partial charge in [-0.2, -0.15) is 0 Å². The van der Waals surface area contributed by atoms with Crippen molar-refractivity contribution in [3.8, 4) is 0 Å². The van der Waals surface area contributed by atoms with E-state index in [0.29, 0.717) is 18.4 Å². The fourth-order valence-corrected chi connectivity index (χ4v) is 2.29. The first kappa shape index (κ1) is 12.4. The lowest BCUT2D eigenvalue weighted by Gasteiger charge is -2.22. The number of hydrogen-bond donors (Lipinski definition) is 1. The van der Waals surface area contributed by atoms with Crippen LogP contribution in [0.1, 0.15) is 24.8 Å². The number of nitrogens with one attached hydrogen (secondary N) is 1. The Balaban J connectivity index is 1.96. The molecule has 1 saturated heterocycles. The molecule has 1 heterocycles. The van der Waals surface area contributed by atoms with Gasteiger partial charge in [0.05, 0.1) is 0 Å². The molecule has 0 aliphatic carbocycles. The van der Waals surface area contributed by atoms with E-state index in [1.807, 2.05) is 0 Å². The van der Waals surface area contributed by atoms with Crippen LogP contribution in [-0.4, -0.2) is 13.1 Å². The number of piperidine rings is 1. The Kier molecular flexibility index (Phi) is 4.05. The van der Waals surface area contributed by atoms with Gasteiger partial charge >= 0.3 is 0 Å². The van der Waals surface area contributed by atoms with Gasteiger partial charge in [-0.3, -0.25) is 0 Å². The Labute approximate surface area is 99.0 Å². The number of rotatable bonds is 3. The van der Waals surface area contributed by atoms with Gasteiger partial charge in [0.2, 0.25) is 0 Å². The number of aryl methyl sites for hydroxylation is 1. The van der Waals surface area contributed by atoms with Gasteiger partial charge in [-0.25, -0.2) is 13.2 Å². The van der Waals surface area contributed by atoms with Crippen molar-refractivity contribution in [2.45, 2.75) is 25.7 Å². The van der Waals surface area contributed by atoms with Crippen LogP contribution in [0.4, 0.5) is 13.2 Å². The van der Waals surface area contributed by atoms with Crippen molar-refractivity contribution in [1.29, 1.82) is 0 Å². The molecule has 94 valence electrons. The summed E-state index contributed by atoms with van der Waals surface area (Å²) in [5, 5.41) is 3.26. The molecule has 1 N–H and O–H groups in total. The van der Waals surface area contributed by atoms with Crippen molar-refractivity contribution in [2.24, 2.45) is 5.92 Å². The third kappa shape index (κ3) is 3.22. The van der Waals surface area contributed by atoms with E-state index in [2.05, 4.69) is 5.32 Å². The summed E-state index contributed by atoms with van der Waals surface area (Å²) in [6.07, 6.45) is 3.47. The summed E-state index contributed by atoms with van der Waals surface area (Å²) in [5.74, 6) is -2.17. The van der Waals surface area contributed by atoms with E-state index >= 15 is 0 Å². The van der Waals surface area contributed by atoms with Crippen LogP contribution in [-0.2, 0) is 6.42 Å². The van der Waals surface area contributed by atoms with Crippen molar-refractivity contribution in [3.63, 3.8) is 0 Å². The van der Waals surface area contributed by atoms with Crippen molar-refractivity contribution >= 4 is 0 Å². The molecule has 4 heteroatoms. The maximum Gasteiger partial charge on any atom is 0.161 e. The summed E-state index contributed by atoms with van der Waals surface area (Å²) < 4.78 is 39.1. The van der Waals surface area contributed by atoms with Gasteiger partial charge < -0.3 is 5.32 Å². The summed E-state index contributed by atoms with van der Waals surface area (Å²) in [4.78, 5) is 0. The van der Waals surface area contributed by atoms with Crippen molar-refractivity contribution in [1.82, 2.24) is 5.32 Å². The van der Waals surface area contributed by atoms with Crippen LogP contribution >= 0.6 is 0 Å². The number of hydrogen-bond acceptors (Lipinski definition) is 1. The number of benzene rings is 1. The van der Waals surface area contributed by atoms with Crippen molar-refractivity contribution in [2.75, 3.05) is 13.1 Å². The molecule has 1 nitrogen and oxygen atoms in total. The Bertz CT molecular complexity index is 386. The van der Waals surface area contributed by atoms with Gasteiger partial charge in [-0.05, 0) is 56.3 Å². The van der Waals surface area contributed by atoms with E-state index in [1.165, 1.54) is 0 Å². The minimum Gasteiger partial charge on any atom is -0.317 e. The molecule has 2 rings (SSSR count). The molecule has 0 unspecified atom stereocenters. The first-order chi connectivity index (χ1) is 8.16.